The van der Waals surface area contributed by atoms with Crippen LogP contribution in [-0.2, 0) is 11.8 Å². The van der Waals surface area contributed by atoms with Crippen molar-refractivity contribution in [1.29, 1.82) is 0 Å². The maximum absolute atomic E-state index is 13.4. The maximum atomic E-state index is 13.4. The minimum absolute atomic E-state index is 0.0462. The normalized spacial score (nSPS) is 12.5. The molecule has 0 aliphatic heterocycles. The van der Waals surface area contributed by atoms with E-state index in [0.717, 1.165) is 13.0 Å². The molecule has 0 saturated carbocycles. The van der Waals surface area contributed by atoms with Crippen molar-refractivity contribution in [3.8, 4) is 0 Å². The molecule has 1 aromatic carbocycles. The summed E-state index contributed by atoms with van der Waals surface area (Å²) in [6.07, 6.45) is -4.25. The number of aromatic nitrogens is 1. The molecule has 0 unspecified atom stereocenters. The number of unbranched alkanes of at least 4 members (excludes halogenated alkanes) is 1. The van der Waals surface area contributed by atoms with E-state index in [9.17, 15) is 31.9 Å². The number of nitrogens with two attached hydrogens (primary N) is 1. The van der Waals surface area contributed by atoms with Crippen molar-refractivity contribution in [2.75, 3.05) is 11.1 Å². The van der Waals surface area contributed by atoms with E-state index in [4.69, 9.17) is 5.73 Å². The number of alkyl halides is 3. The van der Waals surface area contributed by atoms with Crippen LogP contribution >= 0.6 is 0 Å². The van der Waals surface area contributed by atoms with E-state index < -0.39 is 35.4 Å². The Kier molecular flexibility index (Phi) is 8.05. The zero-order chi connectivity index (χ0) is 25.1. The quantitative estimate of drug-likeness (QED) is 0.175. The summed E-state index contributed by atoms with van der Waals surface area (Å²) in [5.74, 6) is -4.18. The predicted molar refractivity (Wildman–Crippen MR) is 117 cm³/mol. The topological polar surface area (TPSA) is 94.2 Å². The summed E-state index contributed by atoms with van der Waals surface area (Å²) in [5, 5.41) is 2.59. The zero-order valence-electron chi connectivity index (χ0n) is 18.9. The fourth-order valence-corrected chi connectivity index (χ4v) is 3.59. The van der Waals surface area contributed by atoms with Crippen molar-refractivity contribution in [2.45, 2.75) is 52.6 Å². The zero-order valence-corrected chi connectivity index (χ0v) is 18.9. The second kappa shape index (κ2) is 10.2. The molecule has 0 fully saturated rings. The molecule has 0 spiro atoms. The average molecular weight is 469 g/mol. The van der Waals surface area contributed by atoms with Crippen LogP contribution in [0.25, 0.3) is 0 Å². The summed E-state index contributed by atoms with van der Waals surface area (Å²) >= 11 is 0. The Balaban J connectivity index is 2.12. The SMILES string of the molecule is Cc1c(C(=O)Nc2ccc(F)c(N)c2)c(C)n(C)c1C(=O)C(=O)CCCC[C@@H](C)C(F)(F)F. The Bertz CT molecular complexity index is 1070. The summed E-state index contributed by atoms with van der Waals surface area (Å²) in [6, 6.07) is 3.71. The Morgan fingerprint density at radius 1 is 1.15 bits per heavy atom. The van der Waals surface area contributed by atoms with Crippen molar-refractivity contribution in [1.82, 2.24) is 4.57 Å². The molecule has 0 bridgehead atoms. The molecule has 0 aliphatic carbocycles. The molecule has 1 heterocycles. The lowest BCUT2D eigenvalue weighted by atomic mass is 9.99. The number of nitrogens with zero attached hydrogens (tertiary/aromatic N) is 1. The lowest BCUT2D eigenvalue weighted by Crippen LogP contribution is -2.20. The van der Waals surface area contributed by atoms with Gasteiger partial charge in [0.25, 0.3) is 5.91 Å². The monoisotopic (exact) mass is 469 g/mol. The summed E-state index contributed by atoms with van der Waals surface area (Å²) in [5.41, 5.74) is 6.61. The van der Waals surface area contributed by atoms with E-state index in [0.29, 0.717) is 11.3 Å². The van der Waals surface area contributed by atoms with Crippen LogP contribution in [0.2, 0.25) is 0 Å². The van der Waals surface area contributed by atoms with Crippen LogP contribution in [0, 0.1) is 25.6 Å². The third-order valence-electron chi connectivity index (χ3n) is 5.73. The molecule has 0 aliphatic rings. The number of hydrogen-bond donors (Lipinski definition) is 2. The van der Waals surface area contributed by atoms with Crippen molar-refractivity contribution >= 4 is 28.8 Å². The van der Waals surface area contributed by atoms with Gasteiger partial charge in [-0.15, -0.1) is 0 Å². The summed E-state index contributed by atoms with van der Waals surface area (Å²) < 4.78 is 52.5. The van der Waals surface area contributed by atoms with Crippen LogP contribution in [0.3, 0.4) is 0 Å². The molecule has 0 saturated heterocycles. The fraction of sp³-hybridized carbons (Fsp3) is 0.435. The molecular weight excluding hydrogens is 442 g/mol. The molecule has 1 amide bonds. The number of nitrogens with one attached hydrogen (secondary N) is 1. The molecule has 6 nitrogen and oxygen atoms in total. The van der Waals surface area contributed by atoms with Gasteiger partial charge in [-0.3, -0.25) is 14.4 Å². The Morgan fingerprint density at radius 2 is 1.79 bits per heavy atom. The van der Waals surface area contributed by atoms with Crippen LogP contribution < -0.4 is 11.1 Å². The number of ketones is 2. The molecular formula is C23H27F4N3O3. The molecule has 180 valence electrons. The van der Waals surface area contributed by atoms with Crippen molar-refractivity contribution in [2.24, 2.45) is 13.0 Å². The first-order valence-corrected chi connectivity index (χ1v) is 10.4. The molecule has 0 radical (unpaired) electrons. The number of hydrogen-bond acceptors (Lipinski definition) is 4. The first-order valence-electron chi connectivity index (χ1n) is 10.4. The van der Waals surface area contributed by atoms with Crippen LogP contribution in [-0.4, -0.2) is 28.2 Å². The number of amides is 1. The van der Waals surface area contributed by atoms with Crippen molar-refractivity contribution in [3.05, 3.63) is 46.5 Å². The lowest BCUT2D eigenvalue weighted by Gasteiger charge is -2.14. The van der Waals surface area contributed by atoms with Gasteiger partial charge in [-0.25, -0.2) is 4.39 Å². The molecule has 10 heteroatoms. The number of carbonyl (C=O) groups excluding carboxylic acids is 3. The van der Waals surface area contributed by atoms with E-state index in [1.165, 1.54) is 23.6 Å². The van der Waals surface area contributed by atoms with Gasteiger partial charge in [0.2, 0.25) is 11.6 Å². The van der Waals surface area contributed by atoms with E-state index in [1.54, 1.807) is 14.0 Å². The fourth-order valence-electron chi connectivity index (χ4n) is 3.59. The minimum Gasteiger partial charge on any atom is -0.396 e. The number of carbonyl (C=O) groups is 3. The largest absolute Gasteiger partial charge is 0.396 e. The molecule has 1 atom stereocenters. The maximum Gasteiger partial charge on any atom is 0.391 e. The third kappa shape index (κ3) is 6.00. The van der Waals surface area contributed by atoms with Crippen LogP contribution in [0.5, 0.6) is 0 Å². The molecule has 33 heavy (non-hydrogen) atoms. The van der Waals surface area contributed by atoms with Gasteiger partial charge in [0, 0.05) is 24.8 Å². The van der Waals surface area contributed by atoms with Gasteiger partial charge in [0.1, 0.15) is 5.82 Å². The summed E-state index contributed by atoms with van der Waals surface area (Å²) in [6.45, 7) is 4.23. The summed E-state index contributed by atoms with van der Waals surface area (Å²) in [7, 11) is 1.54. The van der Waals surface area contributed by atoms with Gasteiger partial charge < -0.3 is 15.6 Å². The standard InChI is InChI=1S/C23H27F4N3O3/c1-12(23(25,26)27)7-5-6-8-18(31)21(32)20-13(2)19(14(3)30(20)4)22(33)29-15-9-10-16(24)17(28)11-15/h9-12H,5-8,28H2,1-4H3,(H,29,33)/t12-/m1/s1. The van der Waals surface area contributed by atoms with Crippen LogP contribution in [0.15, 0.2) is 18.2 Å². The number of rotatable bonds is 9. The lowest BCUT2D eigenvalue weighted by molar-refractivity contribution is -0.171. The van der Waals surface area contributed by atoms with Gasteiger partial charge in [-0.05, 0) is 50.5 Å². The van der Waals surface area contributed by atoms with Gasteiger partial charge in [-0.1, -0.05) is 13.3 Å². The first kappa shape index (κ1) is 26.1. The number of Topliss-reactive ketones (excluding diaryl/α,β-unsaturated/α-hetero) is 2. The third-order valence-corrected chi connectivity index (χ3v) is 5.73. The number of benzene rings is 1. The number of halogens is 4. The Hall–Kier alpha value is -3.17. The Morgan fingerprint density at radius 3 is 2.36 bits per heavy atom. The van der Waals surface area contributed by atoms with Crippen LogP contribution in [0.4, 0.5) is 28.9 Å². The van der Waals surface area contributed by atoms with Gasteiger partial charge in [-0.2, -0.15) is 13.2 Å². The molecule has 1 aromatic heterocycles. The smallest absolute Gasteiger partial charge is 0.391 e. The van der Waals surface area contributed by atoms with E-state index >= 15 is 0 Å². The second-order valence-corrected chi connectivity index (χ2v) is 8.12. The highest BCUT2D eigenvalue weighted by molar-refractivity contribution is 6.43. The average Bonchev–Trinajstić information content (AvgIpc) is 2.94. The van der Waals surface area contributed by atoms with E-state index in [2.05, 4.69) is 5.32 Å². The highest BCUT2D eigenvalue weighted by Gasteiger charge is 2.35. The highest BCUT2D eigenvalue weighted by atomic mass is 19.4. The molecule has 2 aromatic rings. The Labute approximate surface area is 189 Å². The predicted octanol–water partition coefficient (Wildman–Crippen LogP) is 5.13. The number of anilines is 2. The second-order valence-electron chi connectivity index (χ2n) is 8.12. The van der Waals surface area contributed by atoms with Crippen molar-refractivity contribution < 1.29 is 31.9 Å². The summed E-state index contributed by atoms with van der Waals surface area (Å²) in [4.78, 5) is 38.0. The van der Waals surface area contributed by atoms with Gasteiger partial charge in [0.15, 0.2) is 0 Å². The van der Waals surface area contributed by atoms with E-state index in [1.807, 2.05) is 0 Å². The number of nitrogen functional groups attached to an aromatic ring is 1. The minimum atomic E-state index is -4.28. The van der Waals surface area contributed by atoms with E-state index in [-0.39, 0.29) is 48.3 Å². The highest BCUT2D eigenvalue weighted by Crippen LogP contribution is 2.30. The molecule has 2 rings (SSSR count). The van der Waals surface area contributed by atoms with Gasteiger partial charge in [0.05, 0.1) is 22.9 Å². The van der Waals surface area contributed by atoms with Gasteiger partial charge >= 0.3 is 6.18 Å². The van der Waals surface area contributed by atoms with Crippen molar-refractivity contribution in [3.63, 3.8) is 0 Å². The first-order chi connectivity index (χ1) is 15.3. The molecule has 3 N–H and O–H groups in total. The van der Waals surface area contributed by atoms with Crippen LogP contribution in [0.1, 0.15) is 64.7 Å².